The lowest BCUT2D eigenvalue weighted by molar-refractivity contribution is -0.130. The van der Waals surface area contributed by atoms with Gasteiger partial charge in [-0.2, -0.15) is 0 Å². The molecule has 0 aliphatic heterocycles. The van der Waals surface area contributed by atoms with Gasteiger partial charge in [-0.25, -0.2) is 0 Å². The Morgan fingerprint density at radius 2 is 2.05 bits per heavy atom. The van der Waals surface area contributed by atoms with Crippen molar-refractivity contribution in [1.82, 2.24) is 10.2 Å². The highest BCUT2D eigenvalue weighted by Gasteiger charge is 2.15. The van der Waals surface area contributed by atoms with Gasteiger partial charge in [0.25, 0.3) is 0 Å². The molecule has 0 fully saturated rings. The highest BCUT2D eigenvalue weighted by atomic mass is 79.9. The van der Waals surface area contributed by atoms with Crippen LogP contribution in [-0.2, 0) is 9.59 Å². The maximum atomic E-state index is 11.7. The van der Waals surface area contributed by atoms with E-state index in [-0.39, 0.29) is 24.4 Å². The lowest BCUT2D eigenvalue weighted by atomic mass is 10.3. The minimum atomic E-state index is -0.386. The number of hydrogen-bond donors (Lipinski definition) is 2. The largest absolute Gasteiger partial charge is 0.347 e. The molecule has 0 spiro atoms. The van der Waals surface area contributed by atoms with E-state index in [0.717, 1.165) is 4.47 Å². The normalized spacial score (nSPS) is 11.8. The topological polar surface area (TPSA) is 61.4 Å². The van der Waals surface area contributed by atoms with Crippen LogP contribution in [0.5, 0.6) is 0 Å². The summed E-state index contributed by atoms with van der Waals surface area (Å²) in [5.41, 5.74) is 0.716. The van der Waals surface area contributed by atoms with Crippen molar-refractivity contribution in [2.24, 2.45) is 0 Å². The van der Waals surface area contributed by atoms with Crippen LogP contribution in [0.3, 0.4) is 0 Å². The summed E-state index contributed by atoms with van der Waals surface area (Å²) in [4.78, 5) is 24.8. The van der Waals surface area contributed by atoms with Crippen molar-refractivity contribution in [1.29, 1.82) is 0 Å². The van der Waals surface area contributed by atoms with E-state index < -0.39 is 0 Å². The van der Waals surface area contributed by atoms with Crippen LogP contribution >= 0.6 is 15.9 Å². The summed E-state index contributed by atoms with van der Waals surface area (Å²) >= 11 is 3.33. The number of carbonyl (C=O) groups is 2. The minimum absolute atomic E-state index is 0.0599. The Hall–Kier alpha value is -1.40. The first kappa shape index (κ1) is 15.7. The van der Waals surface area contributed by atoms with E-state index in [1.807, 2.05) is 18.2 Å². The highest BCUT2D eigenvalue weighted by Crippen LogP contribution is 2.15. The zero-order valence-corrected chi connectivity index (χ0v) is 12.8. The Kier molecular flexibility index (Phi) is 5.98. The second-order valence-electron chi connectivity index (χ2n) is 4.39. The molecule has 1 unspecified atom stereocenters. The molecule has 0 bridgehead atoms. The number of hydrogen-bond acceptors (Lipinski definition) is 3. The smallest absolute Gasteiger partial charge is 0.238 e. The zero-order chi connectivity index (χ0) is 14.4. The molecule has 5 nitrogen and oxygen atoms in total. The third-order valence-corrected chi connectivity index (χ3v) is 2.98. The van der Waals surface area contributed by atoms with Gasteiger partial charge in [0.15, 0.2) is 0 Å². The third kappa shape index (κ3) is 5.40. The summed E-state index contributed by atoms with van der Waals surface area (Å²) in [6, 6.07) is 6.95. The van der Waals surface area contributed by atoms with Crippen LogP contribution in [0.2, 0.25) is 0 Å². The molecule has 2 amide bonds. The molecule has 0 saturated carbocycles. The number of rotatable bonds is 5. The van der Waals surface area contributed by atoms with Crippen LogP contribution in [0, 0.1) is 0 Å². The monoisotopic (exact) mass is 327 g/mol. The van der Waals surface area contributed by atoms with E-state index in [1.165, 1.54) is 4.90 Å². The van der Waals surface area contributed by atoms with Gasteiger partial charge in [-0.3, -0.25) is 14.9 Å². The van der Waals surface area contributed by atoms with Crippen LogP contribution in [0.25, 0.3) is 0 Å². The van der Waals surface area contributed by atoms with Crippen LogP contribution in [0.4, 0.5) is 5.69 Å². The van der Waals surface area contributed by atoms with Gasteiger partial charge in [-0.05, 0) is 25.1 Å². The number of amides is 2. The van der Waals surface area contributed by atoms with E-state index in [1.54, 1.807) is 27.1 Å². The zero-order valence-electron chi connectivity index (χ0n) is 11.2. The van der Waals surface area contributed by atoms with Gasteiger partial charge in [0, 0.05) is 24.3 Å². The molecule has 2 N–H and O–H groups in total. The Morgan fingerprint density at radius 3 is 2.63 bits per heavy atom. The number of benzene rings is 1. The van der Waals surface area contributed by atoms with Gasteiger partial charge in [-0.1, -0.05) is 22.0 Å². The van der Waals surface area contributed by atoms with E-state index in [9.17, 15) is 9.59 Å². The lowest BCUT2D eigenvalue weighted by Crippen LogP contribution is -2.44. The minimum Gasteiger partial charge on any atom is -0.347 e. The first-order chi connectivity index (χ1) is 8.90. The number of carbonyl (C=O) groups excluding carboxylic acids is 2. The Labute approximate surface area is 121 Å². The second kappa shape index (κ2) is 7.25. The fourth-order valence-corrected chi connectivity index (χ4v) is 1.89. The molecular weight excluding hydrogens is 310 g/mol. The van der Waals surface area contributed by atoms with Crippen LogP contribution < -0.4 is 10.6 Å². The van der Waals surface area contributed by atoms with E-state index in [2.05, 4.69) is 26.6 Å². The molecule has 1 aromatic carbocycles. The van der Waals surface area contributed by atoms with Crippen molar-refractivity contribution in [2.45, 2.75) is 13.0 Å². The third-order valence-electron chi connectivity index (χ3n) is 2.49. The van der Waals surface area contributed by atoms with Crippen LogP contribution in [0.15, 0.2) is 28.7 Å². The summed E-state index contributed by atoms with van der Waals surface area (Å²) < 4.78 is 0.898. The second-order valence-corrected chi connectivity index (χ2v) is 5.31. The summed E-state index contributed by atoms with van der Waals surface area (Å²) in [5.74, 6) is -0.244. The molecule has 6 heteroatoms. The van der Waals surface area contributed by atoms with Crippen molar-refractivity contribution in [3.63, 3.8) is 0 Å². The molecule has 0 heterocycles. The molecule has 104 valence electrons. The molecule has 0 aliphatic carbocycles. The Balaban J connectivity index is 2.42. The lowest BCUT2D eigenvalue weighted by Gasteiger charge is -2.17. The molecule has 19 heavy (non-hydrogen) atoms. The maximum absolute atomic E-state index is 11.7. The van der Waals surface area contributed by atoms with Gasteiger partial charge in [0.2, 0.25) is 11.8 Å². The Morgan fingerprint density at radius 1 is 1.37 bits per heavy atom. The molecule has 1 atom stereocenters. The number of likely N-dealkylation sites (N-methyl/N-ethyl adjacent to an activating group) is 1. The van der Waals surface area contributed by atoms with Gasteiger partial charge in [0.05, 0.1) is 12.6 Å². The standard InChI is InChI=1S/C13H18BrN3O2/c1-9(13(19)17(2)3)15-8-12(18)16-11-6-4-5-10(14)7-11/h4-7,9,15H,8H2,1-3H3,(H,16,18). The van der Waals surface area contributed by atoms with Crippen LogP contribution in [0.1, 0.15) is 6.92 Å². The Bertz CT molecular complexity index is 463. The SMILES string of the molecule is CC(NCC(=O)Nc1cccc(Br)c1)C(=O)N(C)C. The first-order valence-corrected chi connectivity index (χ1v) is 6.69. The van der Waals surface area contributed by atoms with Gasteiger partial charge in [0.1, 0.15) is 0 Å². The summed E-state index contributed by atoms with van der Waals surface area (Å²) in [6.07, 6.45) is 0. The first-order valence-electron chi connectivity index (χ1n) is 5.90. The van der Waals surface area contributed by atoms with Crippen molar-refractivity contribution in [2.75, 3.05) is 26.0 Å². The van der Waals surface area contributed by atoms with Crippen molar-refractivity contribution < 1.29 is 9.59 Å². The fourth-order valence-electron chi connectivity index (χ4n) is 1.49. The molecule has 0 aromatic heterocycles. The van der Waals surface area contributed by atoms with Gasteiger partial charge in [-0.15, -0.1) is 0 Å². The number of nitrogens with zero attached hydrogens (tertiary/aromatic N) is 1. The maximum Gasteiger partial charge on any atom is 0.238 e. The number of nitrogens with one attached hydrogen (secondary N) is 2. The highest BCUT2D eigenvalue weighted by molar-refractivity contribution is 9.10. The van der Waals surface area contributed by atoms with Crippen molar-refractivity contribution >= 4 is 33.4 Å². The summed E-state index contributed by atoms with van der Waals surface area (Å²) in [7, 11) is 3.37. The van der Waals surface area contributed by atoms with Gasteiger partial charge >= 0.3 is 0 Å². The fraction of sp³-hybridized carbons (Fsp3) is 0.385. The predicted octanol–water partition coefficient (Wildman–Crippen LogP) is 1.45. The summed E-state index contributed by atoms with van der Waals surface area (Å²) in [5, 5.41) is 5.63. The van der Waals surface area contributed by atoms with E-state index in [4.69, 9.17) is 0 Å². The molecule has 0 radical (unpaired) electrons. The average molecular weight is 328 g/mol. The van der Waals surface area contributed by atoms with Gasteiger partial charge < -0.3 is 10.2 Å². The number of halogens is 1. The summed E-state index contributed by atoms with van der Waals surface area (Å²) in [6.45, 7) is 1.82. The predicted molar refractivity (Wildman–Crippen MR) is 78.9 cm³/mol. The average Bonchev–Trinajstić information content (AvgIpc) is 2.34. The molecular formula is C13H18BrN3O2. The van der Waals surface area contributed by atoms with Crippen molar-refractivity contribution in [3.05, 3.63) is 28.7 Å². The number of anilines is 1. The molecule has 1 aromatic rings. The van der Waals surface area contributed by atoms with E-state index >= 15 is 0 Å². The van der Waals surface area contributed by atoms with Crippen molar-refractivity contribution in [3.8, 4) is 0 Å². The molecule has 0 aliphatic rings. The molecule has 1 rings (SSSR count). The quantitative estimate of drug-likeness (QED) is 0.860. The van der Waals surface area contributed by atoms with E-state index in [0.29, 0.717) is 5.69 Å². The molecule has 0 saturated heterocycles. The van der Waals surface area contributed by atoms with Crippen LogP contribution in [-0.4, -0.2) is 43.4 Å².